The summed E-state index contributed by atoms with van der Waals surface area (Å²) in [5.41, 5.74) is 0. The maximum Gasteiger partial charge on any atom is 0.460 e. The molecule has 0 bridgehead atoms. The third kappa shape index (κ3) is 3.46. The van der Waals surface area contributed by atoms with Crippen LogP contribution in [0.4, 0.5) is 83.4 Å². The van der Waals surface area contributed by atoms with Crippen LogP contribution in [0.1, 0.15) is 0 Å². The van der Waals surface area contributed by atoms with Crippen LogP contribution in [0.5, 0.6) is 0 Å². The Hall–Kier alpha value is -1.37. The summed E-state index contributed by atoms with van der Waals surface area (Å²) in [7, 11) is 0. The van der Waals surface area contributed by atoms with Crippen molar-refractivity contribution < 1.29 is 88.2 Å². The Bertz CT molecular complexity index is 703. The van der Waals surface area contributed by atoms with Gasteiger partial charge < -0.3 is 0 Å². The summed E-state index contributed by atoms with van der Waals surface area (Å²) in [4.78, 5) is 10.0. The normalized spacial score (nSPS) is 16.5. The molecule has 31 heavy (non-hydrogen) atoms. The molecule has 0 radical (unpaired) electrons. The second-order valence-corrected chi connectivity index (χ2v) is 5.71. The number of carbonyl (C=O) groups excluding carboxylic acids is 1. The summed E-state index contributed by atoms with van der Waals surface area (Å²) < 4.78 is 243. The van der Waals surface area contributed by atoms with Crippen molar-refractivity contribution >= 4 is 16.8 Å². The fourth-order valence-electron chi connectivity index (χ4n) is 1.48. The lowest BCUT2D eigenvalue weighted by Crippen LogP contribution is -2.76. The van der Waals surface area contributed by atoms with Gasteiger partial charge in [0.15, 0.2) is 0 Å². The molecule has 0 aromatic rings. The summed E-state index contributed by atoms with van der Waals surface area (Å²) in [5.74, 6) is -68.2. The molecule has 0 fully saturated rings. The van der Waals surface area contributed by atoms with E-state index < -0.39 is 58.8 Å². The number of halogens is 20. The molecular formula is C10ClF19O. The molecule has 21 heteroatoms. The molecule has 0 saturated heterocycles. The van der Waals surface area contributed by atoms with Gasteiger partial charge in [-0.15, -0.1) is 0 Å². The predicted molar refractivity (Wildman–Crippen MR) is 56.5 cm³/mol. The average Bonchev–Trinajstić information content (AvgIpc) is 2.52. The number of alkyl halides is 19. The largest absolute Gasteiger partial charge is 0.460 e. The molecule has 0 aliphatic rings. The molecule has 0 aliphatic carbocycles. The van der Waals surface area contributed by atoms with Crippen LogP contribution in [0, 0.1) is 0 Å². The van der Waals surface area contributed by atoms with Gasteiger partial charge in [0.25, 0.3) is 5.24 Å². The highest BCUT2D eigenvalue weighted by Gasteiger charge is 2.97. The van der Waals surface area contributed by atoms with Crippen LogP contribution in [0.3, 0.4) is 0 Å². The third-order valence-corrected chi connectivity index (χ3v) is 3.60. The Morgan fingerprint density at radius 1 is 0.387 bits per heavy atom. The predicted octanol–water partition coefficient (Wildman–Crippen LogP) is 6.40. The number of hydrogen-bond acceptors (Lipinski definition) is 1. The first-order valence-electron chi connectivity index (χ1n) is 6.23. The van der Waals surface area contributed by atoms with E-state index in [2.05, 4.69) is 11.6 Å². The minimum atomic E-state index is -9.02. The van der Waals surface area contributed by atoms with E-state index in [1.54, 1.807) is 0 Å². The molecule has 0 heterocycles. The molecular weight excluding hydrogens is 533 g/mol. The number of hydrogen-bond donors (Lipinski definition) is 0. The van der Waals surface area contributed by atoms with E-state index in [0.29, 0.717) is 0 Å². The first kappa shape index (κ1) is 29.6. The SMILES string of the molecule is O=C(Cl)C(F)(F)C(F)(F)C(F)(F)C(F)(F)C(F)(F)C(F)(F)C(F)(F)C(F)(F)C(F)(F)F. The molecule has 0 spiro atoms. The number of carbonyl (C=O) groups is 1. The first-order valence-corrected chi connectivity index (χ1v) is 6.61. The van der Waals surface area contributed by atoms with E-state index in [4.69, 9.17) is 0 Å². The highest BCUT2D eigenvalue weighted by molar-refractivity contribution is 6.65. The van der Waals surface area contributed by atoms with Gasteiger partial charge in [-0.25, -0.2) is 0 Å². The highest BCUT2D eigenvalue weighted by Crippen LogP contribution is 2.65. The quantitative estimate of drug-likeness (QED) is 0.261. The minimum absolute atomic E-state index is 3.67. The molecule has 0 atom stereocenters. The lowest BCUT2D eigenvalue weighted by Gasteiger charge is -2.43. The van der Waals surface area contributed by atoms with E-state index in [1.165, 1.54) is 0 Å². The van der Waals surface area contributed by atoms with E-state index >= 15 is 0 Å². The van der Waals surface area contributed by atoms with E-state index in [1.807, 2.05) is 0 Å². The maximum atomic E-state index is 13.2. The van der Waals surface area contributed by atoms with Gasteiger partial charge in [0.2, 0.25) is 0 Å². The Balaban J connectivity index is 6.95. The first-order chi connectivity index (χ1) is 12.9. The zero-order chi connectivity index (χ0) is 26.1. The summed E-state index contributed by atoms with van der Waals surface area (Å²) in [6.07, 6.45) is -7.93. The van der Waals surface area contributed by atoms with Crippen molar-refractivity contribution in [2.75, 3.05) is 0 Å². The van der Waals surface area contributed by atoms with Gasteiger partial charge in [0, 0.05) is 0 Å². The molecule has 1 nitrogen and oxygen atoms in total. The highest BCUT2D eigenvalue weighted by atomic mass is 35.5. The zero-order valence-electron chi connectivity index (χ0n) is 13.0. The molecule has 0 unspecified atom stereocenters. The van der Waals surface area contributed by atoms with Gasteiger partial charge in [0.1, 0.15) is 0 Å². The fourth-order valence-corrected chi connectivity index (χ4v) is 1.60. The average molecular weight is 533 g/mol. The van der Waals surface area contributed by atoms with Crippen molar-refractivity contribution in [3.8, 4) is 0 Å². The van der Waals surface area contributed by atoms with Gasteiger partial charge in [-0.05, 0) is 11.6 Å². The van der Waals surface area contributed by atoms with Crippen LogP contribution >= 0.6 is 11.6 Å². The Kier molecular flexibility index (Phi) is 6.75. The minimum Gasteiger partial charge on any atom is -0.274 e. The second kappa shape index (κ2) is 7.06. The van der Waals surface area contributed by atoms with Crippen LogP contribution in [-0.2, 0) is 4.79 Å². The summed E-state index contributed by atoms with van der Waals surface area (Å²) >= 11 is 3.67. The van der Waals surface area contributed by atoms with Crippen LogP contribution in [0.2, 0.25) is 0 Å². The Morgan fingerprint density at radius 2 is 0.581 bits per heavy atom. The van der Waals surface area contributed by atoms with Crippen LogP contribution in [0.15, 0.2) is 0 Å². The standard InChI is InChI=1S/C10ClF19O/c11-1(31)2(12,13)3(14,15)4(16,17)5(18,19)6(20,21)7(22,23)8(24,25)9(26,27)10(28,29)30. The molecule has 0 aliphatic heterocycles. The van der Waals surface area contributed by atoms with E-state index in [9.17, 15) is 88.2 Å². The summed E-state index contributed by atoms with van der Waals surface area (Å²) in [5, 5.41) is -4.00. The van der Waals surface area contributed by atoms with Crippen molar-refractivity contribution in [3.05, 3.63) is 0 Å². The fraction of sp³-hybridized carbons (Fsp3) is 0.900. The van der Waals surface area contributed by atoms with Gasteiger partial charge in [-0.3, -0.25) is 4.79 Å². The second-order valence-electron chi connectivity index (χ2n) is 5.37. The van der Waals surface area contributed by atoms with E-state index in [-0.39, 0.29) is 0 Å². The van der Waals surface area contributed by atoms with Gasteiger partial charge in [-0.2, -0.15) is 83.4 Å². The van der Waals surface area contributed by atoms with Gasteiger partial charge in [0.05, 0.1) is 0 Å². The van der Waals surface area contributed by atoms with Crippen molar-refractivity contribution in [2.45, 2.75) is 53.6 Å². The van der Waals surface area contributed by atoms with Crippen LogP contribution in [0.25, 0.3) is 0 Å². The van der Waals surface area contributed by atoms with Gasteiger partial charge in [-0.1, -0.05) is 0 Å². The van der Waals surface area contributed by atoms with Crippen LogP contribution < -0.4 is 0 Å². The Morgan fingerprint density at radius 3 is 0.774 bits per heavy atom. The van der Waals surface area contributed by atoms with Crippen LogP contribution in [-0.4, -0.2) is 58.8 Å². The molecule has 0 amide bonds. The molecule has 0 N–H and O–H groups in total. The third-order valence-electron chi connectivity index (χ3n) is 3.36. The van der Waals surface area contributed by atoms with E-state index in [0.717, 1.165) is 0 Å². The molecule has 0 rings (SSSR count). The molecule has 0 aromatic heterocycles. The smallest absolute Gasteiger partial charge is 0.274 e. The Labute approximate surface area is 160 Å². The lowest BCUT2D eigenvalue weighted by atomic mass is 9.87. The van der Waals surface area contributed by atoms with Gasteiger partial charge >= 0.3 is 53.6 Å². The van der Waals surface area contributed by atoms with Crippen molar-refractivity contribution in [1.29, 1.82) is 0 Å². The van der Waals surface area contributed by atoms with Crippen molar-refractivity contribution in [2.24, 2.45) is 0 Å². The maximum absolute atomic E-state index is 13.2. The molecule has 0 aromatic carbocycles. The zero-order valence-corrected chi connectivity index (χ0v) is 13.7. The number of rotatable bonds is 8. The topological polar surface area (TPSA) is 17.1 Å². The van der Waals surface area contributed by atoms with Crippen molar-refractivity contribution in [1.82, 2.24) is 0 Å². The summed E-state index contributed by atoms with van der Waals surface area (Å²) in [6, 6.07) is 0. The molecule has 186 valence electrons. The lowest BCUT2D eigenvalue weighted by molar-refractivity contribution is -0.466. The monoisotopic (exact) mass is 532 g/mol. The summed E-state index contributed by atoms with van der Waals surface area (Å²) in [6.45, 7) is 0. The molecule has 0 saturated carbocycles. The van der Waals surface area contributed by atoms with Crippen molar-refractivity contribution in [3.63, 3.8) is 0 Å².